The normalized spacial score (nSPS) is 9.17. The second-order valence-corrected chi connectivity index (χ2v) is 2.62. The molecule has 0 N–H and O–H groups in total. The van der Waals surface area contributed by atoms with Crippen molar-refractivity contribution in [3.8, 4) is 0 Å². The van der Waals surface area contributed by atoms with Gasteiger partial charge in [-0.3, -0.25) is 4.90 Å². The topological polar surface area (TPSA) is 59.0 Å². The van der Waals surface area contributed by atoms with Crippen molar-refractivity contribution >= 4 is 28.7 Å². The first-order valence-corrected chi connectivity index (χ1v) is 5.05. The van der Waals surface area contributed by atoms with Gasteiger partial charge >= 0.3 is 6.09 Å². The fourth-order valence-electron chi connectivity index (χ4n) is 0.576. The number of hydrogen-bond donors (Lipinski definition) is 0. The first-order valence-electron chi connectivity index (χ1n) is 3.53. The number of nitrogens with zero attached hydrogens (tertiary/aromatic N) is 2. The number of alkyl halides is 1. The number of hydrogen-bond acceptors (Lipinski definition) is 4. The third-order valence-corrected chi connectivity index (χ3v) is 1.96. The summed E-state index contributed by atoms with van der Waals surface area (Å²) in [5.41, 5.74) is 0. The number of ether oxygens (including phenoxy) is 1. The summed E-state index contributed by atoms with van der Waals surface area (Å²) in [7, 11) is 0. The second-order valence-electron chi connectivity index (χ2n) is 1.93. The fraction of sp³-hybridized carbons (Fsp3) is 0.833. The van der Waals surface area contributed by atoms with Crippen molar-refractivity contribution in [3.05, 3.63) is 4.91 Å². The van der Waals surface area contributed by atoms with Crippen LogP contribution in [0.15, 0.2) is 5.18 Å². The van der Waals surface area contributed by atoms with Crippen LogP contribution in [0, 0.1) is 4.91 Å². The molecule has 0 aromatic carbocycles. The van der Waals surface area contributed by atoms with Crippen LogP contribution in [-0.4, -0.2) is 35.2 Å². The Hall–Kier alpha value is -0.400. The largest absolute Gasteiger partial charge is 0.450 e. The molecule has 0 aliphatic carbocycles. The molecule has 0 rings (SSSR count). The quantitative estimate of drug-likeness (QED) is 0.334. The van der Waals surface area contributed by atoms with Crippen LogP contribution in [0.1, 0.15) is 6.92 Å². The Bertz CT molecular complexity index is 154. The summed E-state index contributed by atoms with van der Waals surface area (Å²) in [4.78, 5) is 22.2. The molecule has 0 aliphatic heterocycles. The van der Waals surface area contributed by atoms with Gasteiger partial charge < -0.3 is 4.74 Å². The molecule has 0 aliphatic rings. The summed E-state index contributed by atoms with van der Waals surface area (Å²) in [6, 6.07) is 0. The molecule has 0 saturated carbocycles. The van der Waals surface area contributed by atoms with E-state index in [2.05, 4.69) is 5.18 Å². The van der Waals surface area contributed by atoms with Gasteiger partial charge in [0.2, 0.25) is 0 Å². The molecule has 0 bridgehead atoms. The molecule has 5 nitrogen and oxygen atoms in total. The number of rotatable bonds is 5. The van der Waals surface area contributed by atoms with Crippen LogP contribution in [0.5, 0.6) is 0 Å². The monoisotopic (exact) mass is 286 g/mol. The minimum atomic E-state index is -0.393. The molecule has 0 atom stereocenters. The van der Waals surface area contributed by atoms with Crippen LogP contribution >= 0.6 is 22.6 Å². The van der Waals surface area contributed by atoms with Crippen molar-refractivity contribution in [2.75, 3.05) is 24.2 Å². The van der Waals surface area contributed by atoms with E-state index >= 15 is 0 Å². The highest BCUT2D eigenvalue weighted by atomic mass is 127. The number of carbonyl (C=O) groups is 1. The zero-order chi connectivity index (χ0) is 9.40. The van der Waals surface area contributed by atoms with Crippen molar-refractivity contribution in [1.82, 2.24) is 4.90 Å². The van der Waals surface area contributed by atoms with Gasteiger partial charge in [-0.05, 0) is 6.92 Å². The van der Waals surface area contributed by atoms with Crippen LogP contribution in [0.25, 0.3) is 0 Å². The molecule has 0 saturated heterocycles. The van der Waals surface area contributed by atoms with Gasteiger partial charge in [0.05, 0.1) is 17.7 Å². The Morgan fingerprint density at radius 2 is 2.33 bits per heavy atom. The molecule has 0 spiro atoms. The predicted octanol–water partition coefficient (Wildman–Crippen LogP) is 1.60. The Labute approximate surface area is 84.6 Å². The van der Waals surface area contributed by atoms with Crippen LogP contribution in [0.3, 0.4) is 0 Å². The molecular weight excluding hydrogens is 275 g/mol. The highest BCUT2D eigenvalue weighted by molar-refractivity contribution is 14.1. The van der Waals surface area contributed by atoms with Crippen molar-refractivity contribution < 1.29 is 9.53 Å². The summed E-state index contributed by atoms with van der Waals surface area (Å²) in [5, 5.41) is 2.66. The summed E-state index contributed by atoms with van der Waals surface area (Å²) in [5.74, 6) is 0. The standard InChI is InChI=1S/C6H11IN2O3/c1-2-12-6(10)9(5-7)4-3-8-11/h2-5H2,1H3. The van der Waals surface area contributed by atoms with E-state index < -0.39 is 6.09 Å². The maximum absolute atomic E-state index is 11.0. The molecule has 70 valence electrons. The Morgan fingerprint density at radius 3 is 2.75 bits per heavy atom. The minimum Gasteiger partial charge on any atom is -0.450 e. The Balaban J connectivity index is 3.78. The lowest BCUT2D eigenvalue weighted by Crippen LogP contribution is -2.32. The third-order valence-electron chi connectivity index (χ3n) is 1.13. The number of nitroso groups, excluding NO2 is 1. The lowest BCUT2D eigenvalue weighted by Gasteiger charge is -2.16. The molecule has 0 fully saturated rings. The number of halogens is 1. The van der Waals surface area contributed by atoms with Crippen molar-refractivity contribution in [2.45, 2.75) is 6.92 Å². The van der Waals surface area contributed by atoms with Gasteiger partial charge in [-0.2, -0.15) is 4.91 Å². The highest BCUT2D eigenvalue weighted by Gasteiger charge is 2.11. The van der Waals surface area contributed by atoms with Gasteiger partial charge in [0.1, 0.15) is 0 Å². The van der Waals surface area contributed by atoms with Gasteiger partial charge in [0.15, 0.2) is 0 Å². The van der Waals surface area contributed by atoms with Gasteiger partial charge in [-0.1, -0.05) is 27.8 Å². The molecule has 1 amide bonds. The van der Waals surface area contributed by atoms with Crippen molar-refractivity contribution in [1.29, 1.82) is 0 Å². The van der Waals surface area contributed by atoms with E-state index in [0.717, 1.165) is 0 Å². The molecule has 6 heteroatoms. The SMILES string of the molecule is CCOC(=O)N(CI)CCN=O. The lowest BCUT2D eigenvalue weighted by molar-refractivity contribution is 0.116. The summed E-state index contributed by atoms with van der Waals surface area (Å²) >= 11 is 2.03. The molecule has 12 heavy (non-hydrogen) atoms. The average Bonchev–Trinajstić information content (AvgIpc) is 2.06. The highest BCUT2D eigenvalue weighted by Crippen LogP contribution is 1.98. The maximum Gasteiger partial charge on any atom is 0.410 e. The maximum atomic E-state index is 11.0. The first-order chi connectivity index (χ1) is 5.76. The Morgan fingerprint density at radius 1 is 1.67 bits per heavy atom. The fourth-order valence-corrected chi connectivity index (χ4v) is 1.20. The van der Waals surface area contributed by atoms with E-state index in [1.807, 2.05) is 22.6 Å². The van der Waals surface area contributed by atoms with E-state index in [1.165, 1.54) is 4.90 Å². The number of amides is 1. The van der Waals surface area contributed by atoms with E-state index in [1.54, 1.807) is 6.92 Å². The minimum absolute atomic E-state index is 0.113. The summed E-state index contributed by atoms with van der Waals surface area (Å²) in [6.07, 6.45) is -0.393. The summed E-state index contributed by atoms with van der Waals surface area (Å²) in [6.45, 7) is 2.52. The molecule has 0 unspecified atom stereocenters. The zero-order valence-corrected chi connectivity index (χ0v) is 8.98. The molecule has 0 radical (unpaired) electrons. The van der Waals surface area contributed by atoms with Crippen LogP contribution in [-0.2, 0) is 4.74 Å². The van der Waals surface area contributed by atoms with Crippen molar-refractivity contribution in [2.24, 2.45) is 5.18 Å². The molecule has 0 heterocycles. The molecule has 0 aromatic heterocycles. The van der Waals surface area contributed by atoms with Gasteiger partial charge in [0.25, 0.3) is 0 Å². The Kier molecular flexibility index (Phi) is 7.02. The molecule has 0 aromatic rings. The van der Waals surface area contributed by atoms with E-state index in [-0.39, 0.29) is 6.54 Å². The van der Waals surface area contributed by atoms with Gasteiger partial charge in [0, 0.05) is 6.54 Å². The van der Waals surface area contributed by atoms with Crippen LogP contribution in [0.2, 0.25) is 0 Å². The number of carbonyl (C=O) groups excluding carboxylic acids is 1. The van der Waals surface area contributed by atoms with Gasteiger partial charge in [-0.25, -0.2) is 4.79 Å². The second kappa shape index (κ2) is 7.26. The van der Waals surface area contributed by atoms with Crippen LogP contribution < -0.4 is 0 Å². The van der Waals surface area contributed by atoms with E-state index in [9.17, 15) is 9.70 Å². The summed E-state index contributed by atoms with van der Waals surface area (Å²) < 4.78 is 5.24. The van der Waals surface area contributed by atoms with E-state index in [4.69, 9.17) is 4.74 Å². The average molecular weight is 286 g/mol. The smallest absolute Gasteiger partial charge is 0.410 e. The van der Waals surface area contributed by atoms with Crippen LogP contribution in [0.4, 0.5) is 4.79 Å². The zero-order valence-electron chi connectivity index (χ0n) is 6.83. The predicted molar refractivity (Wildman–Crippen MR) is 53.3 cm³/mol. The first kappa shape index (κ1) is 11.6. The molecular formula is C6H11IN2O3. The van der Waals surface area contributed by atoms with Crippen molar-refractivity contribution in [3.63, 3.8) is 0 Å². The van der Waals surface area contributed by atoms with E-state index in [0.29, 0.717) is 17.7 Å². The lowest BCUT2D eigenvalue weighted by atomic mass is 10.6. The van der Waals surface area contributed by atoms with Gasteiger partial charge in [-0.15, -0.1) is 0 Å². The third kappa shape index (κ3) is 4.47.